The monoisotopic (exact) mass is 216 g/mol. The van der Waals surface area contributed by atoms with Gasteiger partial charge in [0.25, 0.3) is 11.7 Å². The van der Waals surface area contributed by atoms with E-state index in [1.165, 1.54) is 5.56 Å². The molecule has 2 heterocycles. The number of benzene rings is 1. The number of hydrogen-bond acceptors (Lipinski definition) is 3. The number of carbonyl (C=O) groups is 2. The molecule has 4 heteroatoms. The third kappa shape index (κ3) is 1.10. The van der Waals surface area contributed by atoms with Crippen molar-refractivity contribution in [2.24, 2.45) is 0 Å². The van der Waals surface area contributed by atoms with Gasteiger partial charge in [-0.3, -0.25) is 9.59 Å². The van der Waals surface area contributed by atoms with E-state index in [4.69, 9.17) is 0 Å². The van der Waals surface area contributed by atoms with Crippen molar-refractivity contribution >= 4 is 23.1 Å². The zero-order valence-electron chi connectivity index (χ0n) is 9.04. The van der Waals surface area contributed by atoms with E-state index in [1.54, 1.807) is 0 Å². The molecule has 0 spiro atoms. The van der Waals surface area contributed by atoms with Crippen LogP contribution in [0.25, 0.3) is 0 Å². The molecule has 0 radical (unpaired) electrons. The molecule has 0 atom stereocenters. The number of carbonyl (C=O) groups excluding carboxylic acids is 2. The first kappa shape index (κ1) is 9.39. The number of rotatable bonds is 1. The van der Waals surface area contributed by atoms with E-state index in [-0.39, 0.29) is 0 Å². The topological polar surface area (TPSA) is 49.4 Å². The molecule has 0 bridgehead atoms. The summed E-state index contributed by atoms with van der Waals surface area (Å²) in [4.78, 5) is 25.0. The Morgan fingerprint density at radius 1 is 1.38 bits per heavy atom. The highest BCUT2D eigenvalue weighted by molar-refractivity contribution is 6.51. The Kier molecular flexibility index (Phi) is 1.80. The summed E-state index contributed by atoms with van der Waals surface area (Å²) in [7, 11) is 0. The molecule has 1 aromatic rings. The van der Waals surface area contributed by atoms with Gasteiger partial charge in [0.05, 0.1) is 11.3 Å². The Hall–Kier alpha value is -1.84. The van der Waals surface area contributed by atoms with E-state index < -0.39 is 11.7 Å². The number of Topliss-reactive ketones (excluding diaryl/α,β-unsaturated/α-hetero) is 1. The van der Waals surface area contributed by atoms with Crippen molar-refractivity contribution < 1.29 is 9.59 Å². The molecular formula is C12H12N2O2. The second-order valence-electron chi connectivity index (χ2n) is 4.14. The maximum Gasteiger partial charge on any atom is 0.296 e. The normalized spacial score (nSPS) is 17.4. The van der Waals surface area contributed by atoms with Crippen LogP contribution in [0.4, 0.5) is 11.4 Å². The molecule has 0 aliphatic carbocycles. The Morgan fingerprint density at radius 2 is 2.19 bits per heavy atom. The molecule has 2 aliphatic heterocycles. The van der Waals surface area contributed by atoms with Crippen LogP contribution in [0.2, 0.25) is 0 Å². The Balaban J connectivity index is 2.14. The van der Waals surface area contributed by atoms with E-state index in [2.05, 4.69) is 17.1 Å². The van der Waals surface area contributed by atoms with Gasteiger partial charge in [-0.15, -0.1) is 0 Å². The summed E-state index contributed by atoms with van der Waals surface area (Å²) in [5, 5.41) is 2.60. The summed E-state index contributed by atoms with van der Waals surface area (Å²) in [6.45, 7) is 4.02. The summed E-state index contributed by atoms with van der Waals surface area (Å²) < 4.78 is 0. The molecule has 1 amide bonds. The fourth-order valence-corrected chi connectivity index (χ4v) is 2.42. The first-order valence-corrected chi connectivity index (χ1v) is 5.48. The zero-order chi connectivity index (χ0) is 11.3. The van der Waals surface area contributed by atoms with Gasteiger partial charge >= 0.3 is 0 Å². The van der Waals surface area contributed by atoms with Crippen molar-refractivity contribution in [3.05, 3.63) is 23.3 Å². The Morgan fingerprint density at radius 3 is 2.94 bits per heavy atom. The quantitative estimate of drug-likeness (QED) is 0.718. The van der Waals surface area contributed by atoms with E-state index in [9.17, 15) is 9.59 Å². The van der Waals surface area contributed by atoms with Crippen molar-refractivity contribution in [2.75, 3.05) is 23.3 Å². The summed E-state index contributed by atoms with van der Waals surface area (Å²) in [6, 6.07) is 3.78. The van der Waals surface area contributed by atoms with Crippen molar-refractivity contribution in [2.45, 2.75) is 13.3 Å². The van der Waals surface area contributed by atoms with E-state index in [1.807, 2.05) is 12.1 Å². The zero-order valence-corrected chi connectivity index (χ0v) is 9.04. The van der Waals surface area contributed by atoms with Gasteiger partial charge in [0.1, 0.15) is 0 Å². The SMILES string of the molecule is CCN1CCc2cc3c(cc21)C(=O)C(=O)N3. The largest absolute Gasteiger partial charge is 0.371 e. The fourth-order valence-electron chi connectivity index (χ4n) is 2.42. The molecule has 0 aromatic heterocycles. The van der Waals surface area contributed by atoms with Gasteiger partial charge in [-0.05, 0) is 31.0 Å². The van der Waals surface area contributed by atoms with Gasteiger partial charge in [-0.2, -0.15) is 0 Å². The van der Waals surface area contributed by atoms with Crippen LogP contribution in [0.3, 0.4) is 0 Å². The number of likely N-dealkylation sites (N-methyl/N-ethyl adjacent to an activating group) is 1. The molecule has 0 saturated carbocycles. The number of nitrogens with one attached hydrogen (secondary N) is 1. The number of hydrogen-bond donors (Lipinski definition) is 1. The predicted molar refractivity (Wildman–Crippen MR) is 61.0 cm³/mol. The summed E-state index contributed by atoms with van der Waals surface area (Å²) in [5.74, 6) is -0.928. The molecule has 82 valence electrons. The maximum atomic E-state index is 11.6. The number of amides is 1. The smallest absolute Gasteiger partial charge is 0.296 e. The van der Waals surface area contributed by atoms with Crippen LogP contribution in [-0.4, -0.2) is 24.8 Å². The molecule has 1 aromatic carbocycles. The highest BCUT2D eigenvalue weighted by Gasteiger charge is 2.31. The van der Waals surface area contributed by atoms with Gasteiger partial charge < -0.3 is 10.2 Å². The van der Waals surface area contributed by atoms with E-state index in [0.29, 0.717) is 11.3 Å². The summed E-state index contributed by atoms with van der Waals surface area (Å²) in [5.41, 5.74) is 3.51. The highest BCUT2D eigenvalue weighted by atomic mass is 16.2. The minimum atomic E-state index is -0.512. The van der Waals surface area contributed by atoms with Gasteiger partial charge in [0.2, 0.25) is 0 Å². The maximum absolute atomic E-state index is 11.6. The minimum absolute atomic E-state index is 0.416. The van der Waals surface area contributed by atoms with Gasteiger partial charge in [0.15, 0.2) is 0 Å². The number of nitrogens with zero attached hydrogens (tertiary/aromatic N) is 1. The third-order valence-corrected chi connectivity index (χ3v) is 3.29. The molecule has 2 aliphatic rings. The van der Waals surface area contributed by atoms with Crippen molar-refractivity contribution in [3.63, 3.8) is 0 Å². The second kappa shape index (κ2) is 3.07. The second-order valence-corrected chi connectivity index (χ2v) is 4.14. The molecule has 0 fully saturated rings. The lowest BCUT2D eigenvalue weighted by molar-refractivity contribution is -0.112. The number of anilines is 2. The van der Waals surface area contributed by atoms with Crippen molar-refractivity contribution in [1.82, 2.24) is 0 Å². The molecule has 0 saturated heterocycles. The Labute approximate surface area is 93.2 Å². The molecular weight excluding hydrogens is 204 g/mol. The first-order chi connectivity index (χ1) is 7.70. The lowest BCUT2D eigenvalue weighted by atomic mass is 10.1. The standard InChI is InChI=1S/C12H12N2O2/c1-2-14-4-3-7-5-9-8(6-10(7)14)11(15)12(16)13-9/h5-6H,2-4H2,1H3,(H,13,15,16). The summed E-state index contributed by atoms with van der Waals surface area (Å²) >= 11 is 0. The lowest BCUT2D eigenvalue weighted by Gasteiger charge is -2.16. The molecule has 4 nitrogen and oxygen atoms in total. The average Bonchev–Trinajstić information content (AvgIpc) is 2.79. The molecule has 1 N–H and O–H groups in total. The third-order valence-electron chi connectivity index (χ3n) is 3.29. The molecule has 3 rings (SSSR count). The predicted octanol–water partition coefficient (Wildman–Crippen LogP) is 1.20. The Bertz CT molecular complexity index is 508. The lowest BCUT2D eigenvalue weighted by Crippen LogP contribution is -2.19. The minimum Gasteiger partial charge on any atom is -0.371 e. The van der Waals surface area contributed by atoms with Gasteiger partial charge in [0, 0.05) is 18.8 Å². The van der Waals surface area contributed by atoms with E-state index in [0.717, 1.165) is 25.2 Å². The van der Waals surface area contributed by atoms with Crippen LogP contribution in [0.1, 0.15) is 22.8 Å². The summed E-state index contributed by atoms with van der Waals surface area (Å²) in [6.07, 6.45) is 0.987. The van der Waals surface area contributed by atoms with E-state index >= 15 is 0 Å². The highest BCUT2D eigenvalue weighted by Crippen LogP contribution is 2.35. The van der Waals surface area contributed by atoms with Crippen LogP contribution in [0.5, 0.6) is 0 Å². The fraction of sp³-hybridized carbons (Fsp3) is 0.333. The van der Waals surface area contributed by atoms with Crippen LogP contribution >= 0.6 is 0 Å². The average molecular weight is 216 g/mol. The first-order valence-electron chi connectivity index (χ1n) is 5.48. The molecule has 0 unspecified atom stereocenters. The van der Waals surface area contributed by atoms with Crippen molar-refractivity contribution in [3.8, 4) is 0 Å². The van der Waals surface area contributed by atoms with Gasteiger partial charge in [-0.1, -0.05) is 0 Å². The van der Waals surface area contributed by atoms with Crippen molar-refractivity contribution in [1.29, 1.82) is 0 Å². The molecule has 16 heavy (non-hydrogen) atoms. The van der Waals surface area contributed by atoms with Gasteiger partial charge in [-0.25, -0.2) is 0 Å². The van der Waals surface area contributed by atoms with Crippen LogP contribution in [0, 0.1) is 0 Å². The number of ketones is 1. The number of fused-ring (bicyclic) bond motifs is 2. The van der Waals surface area contributed by atoms with Crippen LogP contribution in [-0.2, 0) is 11.2 Å². The van der Waals surface area contributed by atoms with Crippen LogP contribution < -0.4 is 10.2 Å². The van der Waals surface area contributed by atoms with Crippen LogP contribution in [0.15, 0.2) is 12.1 Å².